The van der Waals surface area contributed by atoms with Crippen molar-refractivity contribution in [1.82, 2.24) is 10.2 Å². The number of aliphatic hydroxyl groups is 1. The second-order valence-corrected chi connectivity index (χ2v) is 8.29. The molecular formula is C17H27FN2O2. The molecule has 4 nitrogen and oxygen atoms in total. The lowest BCUT2D eigenvalue weighted by Gasteiger charge is -2.58. The van der Waals surface area contributed by atoms with E-state index in [2.05, 4.69) is 5.32 Å². The second kappa shape index (κ2) is 5.17. The summed E-state index contributed by atoms with van der Waals surface area (Å²) < 4.78 is 13.3. The molecule has 2 N–H and O–H groups in total. The van der Waals surface area contributed by atoms with Crippen molar-refractivity contribution in [3.05, 3.63) is 0 Å². The van der Waals surface area contributed by atoms with E-state index in [1.807, 2.05) is 11.8 Å². The molecule has 5 aliphatic rings. The molecule has 1 heterocycles. The van der Waals surface area contributed by atoms with E-state index in [0.717, 1.165) is 32.1 Å². The summed E-state index contributed by atoms with van der Waals surface area (Å²) in [5.41, 5.74) is -0.459. The van der Waals surface area contributed by atoms with Crippen molar-refractivity contribution < 1.29 is 14.3 Å². The molecule has 1 amide bonds. The first-order valence-electron chi connectivity index (χ1n) is 8.84. The number of hydrogen-bond acceptors (Lipinski definition) is 3. The highest BCUT2D eigenvalue weighted by atomic mass is 19.1. The molecule has 0 aromatic heterocycles. The zero-order valence-corrected chi connectivity index (χ0v) is 13.3. The minimum atomic E-state index is -0.786. The van der Waals surface area contributed by atoms with E-state index in [1.54, 1.807) is 0 Å². The van der Waals surface area contributed by atoms with Gasteiger partial charge in [0.15, 0.2) is 0 Å². The number of amides is 1. The first kappa shape index (κ1) is 14.9. The number of likely N-dealkylation sites (tertiary alicyclic amines) is 1. The predicted octanol–water partition coefficient (Wildman–Crippen LogP) is 1.47. The van der Waals surface area contributed by atoms with Crippen LogP contribution in [0.1, 0.15) is 45.4 Å². The lowest BCUT2D eigenvalue weighted by atomic mass is 9.52. The van der Waals surface area contributed by atoms with Gasteiger partial charge in [0.05, 0.1) is 11.6 Å². The molecule has 124 valence electrons. The van der Waals surface area contributed by atoms with Gasteiger partial charge in [0.25, 0.3) is 0 Å². The first-order chi connectivity index (χ1) is 10.4. The molecule has 1 saturated heterocycles. The lowest BCUT2D eigenvalue weighted by Crippen LogP contribution is -2.63. The van der Waals surface area contributed by atoms with Crippen molar-refractivity contribution in [1.29, 1.82) is 0 Å². The molecule has 0 radical (unpaired) electrons. The Hall–Kier alpha value is -0.680. The number of hydrogen-bond donors (Lipinski definition) is 2. The Labute approximate surface area is 131 Å². The van der Waals surface area contributed by atoms with Crippen molar-refractivity contribution in [2.45, 2.75) is 69.3 Å². The lowest BCUT2D eigenvalue weighted by molar-refractivity contribution is -0.148. The molecule has 4 bridgehead atoms. The summed E-state index contributed by atoms with van der Waals surface area (Å²) in [6, 6.07) is -0.0309. The van der Waals surface area contributed by atoms with Gasteiger partial charge in [-0.05, 0) is 63.2 Å². The summed E-state index contributed by atoms with van der Waals surface area (Å²) in [7, 11) is 0. The average molecular weight is 310 g/mol. The third kappa shape index (κ3) is 2.46. The third-order valence-electron chi connectivity index (χ3n) is 6.64. The van der Waals surface area contributed by atoms with Gasteiger partial charge >= 0.3 is 0 Å². The fourth-order valence-corrected chi connectivity index (χ4v) is 5.76. The van der Waals surface area contributed by atoms with Crippen molar-refractivity contribution in [3.8, 4) is 0 Å². The van der Waals surface area contributed by atoms with E-state index in [1.165, 1.54) is 0 Å². The maximum absolute atomic E-state index is 13.3. The summed E-state index contributed by atoms with van der Waals surface area (Å²) in [6.45, 7) is 2.94. The fourth-order valence-electron chi connectivity index (χ4n) is 5.76. The fraction of sp³-hybridized carbons (Fsp3) is 0.941. The summed E-state index contributed by atoms with van der Waals surface area (Å²) in [4.78, 5) is 14.5. The molecular weight excluding hydrogens is 283 g/mol. The molecule has 0 aromatic carbocycles. The van der Waals surface area contributed by atoms with E-state index in [9.17, 15) is 14.3 Å². The standard InChI is InChI=1S/C17H27FN2O2/c1-10(20-3-2-14(18)9-20)16(21)19-15-12-4-11-5-13(15)8-17(22,6-11)7-12/h10-15,22H,2-9H2,1H3,(H,19,21)/t10-,11?,12-,13+,14-,15?,17?/m1/s1. The van der Waals surface area contributed by atoms with Crippen molar-refractivity contribution in [2.24, 2.45) is 17.8 Å². The van der Waals surface area contributed by atoms with E-state index < -0.39 is 11.8 Å². The van der Waals surface area contributed by atoms with Crippen LogP contribution in [-0.2, 0) is 4.79 Å². The number of carbonyl (C=O) groups excluding carboxylic acids is 1. The van der Waals surface area contributed by atoms with Crippen molar-refractivity contribution in [2.75, 3.05) is 13.1 Å². The molecule has 4 aliphatic carbocycles. The molecule has 1 aliphatic heterocycles. The predicted molar refractivity (Wildman–Crippen MR) is 81.0 cm³/mol. The zero-order chi connectivity index (χ0) is 15.5. The van der Waals surface area contributed by atoms with Crippen LogP contribution in [0.15, 0.2) is 0 Å². The van der Waals surface area contributed by atoms with Crippen molar-refractivity contribution >= 4 is 5.91 Å². The number of rotatable bonds is 3. The Kier molecular flexibility index (Phi) is 3.49. The van der Waals surface area contributed by atoms with E-state index in [-0.39, 0.29) is 18.0 Å². The maximum atomic E-state index is 13.3. The SMILES string of the molecule is C[C@H](C(=O)NC1[C@@H]2CC3C[C@H]1CC(O)(C3)C2)N1CC[C@@H](F)C1. The van der Waals surface area contributed by atoms with Crippen LogP contribution in [-0.4, -0.2) is 52.9 Å². The highest BCUT2D eigenvalue weighted by Crippen LogP contribution is 2.55. The van der Waals surface area contributed by atoms with Crippen LogP contribution in [0.2, 0.25) is 0 Å². The molecule has 5 rings (SSSR count). The van der Waals surface area contributed by atoms with Crippen LogP contribution < -0.4 is 5.32 Å². The minimum Gasteiger partial charge on any atom is -0.390 e. The van der Waals surface area contributed by atoms with E-state index in [0.29, 0.717) is 37.3 Å². The van der Waals surface area contributed by atoms with E-state index >= 15 is 0 Å². The number of nitrogens with one attached hydrogen (secondary N) is 1. The minimum absolute atomic E-state index is 0.0403. The molecule has 7 atom stereocenters. The number of halogens is 1. The second-order valence-electron chi connectivity index (χ2n) is 8.29. The molecule has 5 heteroatoms. The smallest absolute Gasteiger partial charge is 0.237 e. The highest BCUT2D eigenvalue weighted by molar-refractivity contribution is 5.81. The number of carbonyl (C=O) groups is 1. The number of alkyl halides is 1. The van der Waals surface area contributed by atoms with Crippen LogP contribution in [0.25, 0.3) is 0 Å². The Morgan fingerprint density at radius 1 is 1.32 bits per heavy atom. The molecule has 4 saturated carbocycles. The first-order valence-corrected chi connectivity index (χ1v) is 8.84. The normalized spacial score (nSPS) is 48.6. The molecule has 0 spiro atoms. The average Bonchev–Trinajstić information content (AvgIpc) is 2.86. The zero-order valence-electron chi connectivity index (χ0n) is 13.3. The molecule has 3 unspecified atom stereocenters. The monoisotopic (exact) mass is 310 g/mol. The van der Waals surface area contributed by atoms with Gasteiger partial charge < -0.3 is 10.4 Å². The Balaban J connectivity index is 1.40. The highest BCUT2D eigenvalue weighted by Gasteiger charge is 2.55. The molecule has 0 aromatic rings. The topological polar surface area (TPSA) is 52.6 Å². The Morgan fingerprint density at radius 3 is 2.55 bits per heavy atom. The number of nitrogens with zero attached hydrogens (tertiary/aromatic N) is 1. The van der Waals surface area contributed by atoms with Gasteiger partial charge in [-0.2, -0.15) is 0 Å². The maximum Gasteiger partial charge on any atom is 0.237 e. The third-order valence-corrected chi connectivity index (χ3v) is 6.64. The Morgan fingerprint density at radius 2 is 2.00 bits per heavy atom. The summed E-state index contributed by atoms with van der Waals surface area (Å²) >= 11 is 0. The quantitative estimate of drug-likeness (QED) is 0.830. The summed E-state index contributed by atoms with van der Waals surface area (Å²) in [6.07, 6.45) is 4.70. The van der Waals surface area contributed by atoms with Crippen molar-refractivity contribution in [3.63, 3.8) is 0 Å². The molecule has 22 heavy (non-hydrogen) atoms. The van der Waals surface area contributed by atoms with Crippen LogP contribution in [0.4, 0.5) is 4.39 Å². The van der Waals surface area contributed by atoms with Gasteiger partial charge in [-0.1, -0.05) is 0 Å². The summed E-state index contributed by atoms with van der Waals surface area (Å²) in [5.74, 6) is 1.55. The van der Waals surface area contributed by atoms with Crippen LogP contribution >= 0.6 is 0 Å². The van der Waals surface area contributed by atoms with Gasteiger partial charge in [-0.3, -0.25) is 9.69 Å². The van der Waals surface area contributed by atoms with Crippen LogP contribution in [0, 0.1) is 17.8 Å². The van der Waals surface area contributed by atoms with Gasteiger partial charge in [0.1, 0.15) is 6.17 Å². The van der Waals surface area contributed by atoms with E-state index in [4.69, 9.17) is 0 Å². The molecule has 5 fully saturated rings. The van der Waals surface area contributed by atoms with Gasteiger partial charge in [0, 0.05) is 19.1 Å². The van der Waals surface area contributed by atoms with Gasteiger partial charge in [-0.25, -0.2) is 4.39 Å². The van der Waals surface area contributed by atoms with Crippen LogP contribution in [0.5, 0.6) is 0 Å². The Bertz CT molecular complexity index is 456. The largest absolute Gasteiger partial charge is 0.390 e. The van der Waals surface area contributed by atoms with Gasteiger partial charge in [0.2, 0.25) is 5.91 Å². The summed E-state index contributed by atoms with van der Waals surface area (Å²) in [5, 5.41) is 13.9. The van der Waals surface area contributed by atoms with Gasteiger partial charge in [-0.15, -0.1) is 0 Å². The van der Waals surface area contributed by atoms with Crippen LogP contribution in [0.3, 0.4) is 0 Å².